The monoisotopic (exact) mass is 340 g/mol. The van der Waals surface area contributed by atoms with E-state index in [0.717, 1.165) is 55.8 Å². The lowest BCUT2D eigenvalue weighted by Crippen LogP contribution is -2.45. The number of carbonyl (C=O) groups is 1. The summed E-state index contributed by atoms with van der Waals surface area (Å²) in [5.41, 5.74) is 1.70. The molecule has 1 aromatic carbocycles. The van der Waals surface area contributed by atoms with Crippen molar-refractivity contribution in [2.45, 2.75) is 58.9 Å². The second-order valence-electron chi connectivity index (χ2n) is 7.40. The minimum atomic E-state index is 0.0358. The normalized spacial score (nSPS) is 15.7. The van der Waals surface area contributed by atoms with Crippen molar-refractivity contribution >= 4 is 5.91 Å². The van der Waals surface area contributed by atoms with E-state index in [1.165, 1.54) is 13.0 Å². The van der Waals surface area contributed by atoms with Crippen LogP contribution in [0.2, 0.25) is 0 Å². The molecule has 0 radical (unpaired) electrons. The van der Waals surface area contributed by atoms with E-state index in [4.69, 9.17) is 0 Å². The van der Waals surface area contributed by atoms with Gasteiger partial charge in [-0.25, -0.2) is 0 Å². The summed E-state index contributed by atoms with van der Waals surface area (Å²) in [5, 5.41) is 3.19. The van der Waals surface area contributed by atoms with Crippen LogP contribution in [-0.4, -0.2) is 36.5 Å². The third-order valence-corrected chi connectivity index (χ3v) is 4.70. The topological polar surface area (TPSA) is 32.3 Å². The van der Waals surface area contributed by atoms with Gasteiger partial charge in [-0.05, 0) is 62.4 Å². The van der Waals surface area contributed by atoms with Gasteiger partial charge in [0.15, 0.2) is 0 Å². The molecule has 0 unspecified atom stereocenters. The highest BCUT2D eigenvalue weighted by Gasteiger charge is 2.21. The molecule has 1 saturated heterocycles. The molecule has 0 saturated carbocycles. The van der Waals surface area contributed by atoms with Crippen LogP contribution in [0.4, 0.5) is 0 Å². The van der Waals surface area contributed by atoms with Gasteiger partial charge >= 0.3 is 0 Å². The maximum absolute atomic E-state index is 12.4. The van der Waals surface area contributed by atoms with Gasteiger partial charge in [0, 0.05) is 36.7 Å². The fourth-order valence-corrected chi connectivity index (χ4v) is 3.00. The van der Waals surface area contributed by atoms with Gasteiger partial charge in [-0.1, -0.05) is 32.6 Å². The Morgan fingerprint density at radius 1 is 1.24 bits per heavy atom. The fraction of sp³-hybridized carbons (Fsp3) is 0.591. The van der Waals surface area contributed by atoms with Gasteiger partial charge < -0.3 is 10.2 Å². The zero-order chi connectivity index (χ0) is 18.1. The van der Waals surface area contributed by atoms with Gasteiger partial charge in [-0.2, -0.15) is 0 Å². The van der Waals surface area contributed by atoms with Crippen molar-refractivity contribution in [2.24, 2.45) is 5.92 Å². The van der Waals surface area contributed by atoms with E-state index in [1.807, 2.05) is 24.3 Å². The van der Waals surface area contributed by atoms with Gasteiger partial charge in [0.1, 0.15) is 0 Å². The molecule has 1 heterocycles. The maximum atomic E-state index is 12.4. The Balaban J connectivity index is 1.78. The number of amides is 1. The number of rotatable bonds is 6. The van der Waals surface area contributed by atoms with Crippen molar-refractivity contribution < 1.29 is 4.79 Å². The quantitative estimate of drug-likeness (QED) is 0.792. The molecule has 3 nitrogen and oxygen atoms in total. The molecule has 0 aromatic heterocycles. The molecule has 1 amide bonds. The first-order valence-electron chi connectivity index (χ1n) is 9.70. The zero-order valence-electron chi connectivity index (χ0n) is 16.0. The van der Waals surface area contributed by atoms with Gasteiger partial charge in [-0.15, -0.1) is 0 Å². The second-order valence-corrected chi connectivity index (χ2v) is 7.40. The highest BCUT2D eigenvalue weighted by atomic mass is 16.1. The molecule has 3 heteroatoms. The second kappa shape index (κ2) is 10.3. The minimum absolute atomic E-state index is 0.0358. The Labute approximate surface area is 153 Å². The van der Waals surface area contributed by atoms with Gasteiger partial charge in [-0.3, -0.25) is 4.79 Å². The largest absolute Gasteiger partial charge is 0.349 e. The zero-order valence-corrected chi connectivity index (χ0v) is 16.0. The predicted molar refractivity (Wildman–Crippen MR) is 105 cm³/mol. The first-order chi connectivity index (χ1) is 12.1. The van der Waals surface area contributed by atoms with E-state index in [2.05, 4.69) is 42.8 Å². The van der Waals surface area contributed by atoms with E-state index in [0.29, 0.717) is 6.04 Å². The van der Waals surface area contributed by atoms with Crippen LogP contribution < -0.4 is 5.32 Å². The number of carbonyl (C=O) groups excluding carboxylic acids is 1. The number of hydrogen-bond donors (Lipinski definition) is 1. The molecule has 1 fully saturated rings. The Morgan fingerprint density at radius 3 is 2.52 bits per heavy atom. The van der Waals surface area contributed by atoms with Crippen LogP contribution in [0.15, 0.2) is 24.3 Å². The fourth-order valence-electron chi connectivity index (χ4n) is 3.00. The van der Waals surface area contributed by atoms with Crippen molar-refractivity contribution in [3.63, 3.8) is 0 Å². The molecular weight excluding hydrogens is 308 g/mol. The number of nitrogens with zero attached hydrogens (tertiary/aromatic N) is 1. The van der Waals surface area contributed by atoms with Crippen LogP contribution in [0.3, 0.4) is 0 Å². The van der Waals surface area contributed by atoms with Crippen LogP contribution in [0.1, 0.15) is 68.8 Å². The van der Waals surface area contributed by atoms with Gasteiger partial charge in [0.2, 0.25) is 0 Å². The third-order valence-electron chi connectivity index (χ3n) is 4.70. The van der Waals surface area contributed by atoms with E-state index >= 15 is 0 Å². The summed E-state index contributed by atoms with van der Waals surface area (Å²) in [6, 6.07) is 7.93. The number of nitrogens with one attached hydrogen (secondary N) is 1. The molecular formula is C22H32N2O. The van der Waals surface area contributed by atoms with Gasteiger partial charge in [0.05, 0.1) is 0 Å². The highest BCUT2D eigenvalue weighted by molar-refractivity contribution is 5.94. The van der Waals surface area contributed by atoms with E-state index in [-0.39, 0.29) is 5.91 Å². The lowest BCUT2D eigenvalue weighted by molar-refractivity contribution is 0.0910. The van der Waals surface area contributed by atoms with Crippen LogP contribution in [0, 0.1) is 17.8 Å². The van der Waals surface area contributed by atoms with Crippen molar-refractivity contribution in [2.75, 3.05) is 19.6 Å². The standard InChI is InChI=1S/C22H32N2O/c1-4-5-6-7-19-8-10-20(11-9-19)22(25)23-21-13-16-24(17-14-21)15-12-18(2)3/h8-11,18,21H,4-5,12-17H2,1-3H3,(H,23,25). The third kappa shape index (κ3) is 6.92. The van der Waals surface area contributed by atoms with E-state index in [9.17, 15) is 4.79 Å². The molecule has 1 N–H and O–H groups in total. The number of benzene rings is 1. The van der Waals surface area contributed by atoms with Crippen LogP contribution in [0.5, 0.6) is 0 Å². The molecule has 2 rings (SSSR count). The first kappa shape index (κ1) is 19.5. The summed E-state index contributed by atoms with van der Waals surface area (Å²) >= 11 is 0. The molecule has 1 aliphatic rings. The van der Waals surface area contributed by atoms with E-state index < -0.39 is 0 Å². The maximum Gasteiger partial charge on any atom is 0.251 e. The summed E-state index contributed by atoms with van der Waals surface area (Å²) in [7, 11) is 0. The number of piperidine rings is 1. The van der Waals surface area contributed by atoms with Crippen molar-refractivity contribution in [3.8, 4) is 11.8 Å². The Hall–Kier alpha value is -1.79. The highest BCUT2D eigenvalue weighted by Crippen LogP contribution is 2.13. The summed E-state index contributed by atoms with van der Waals surface area (Å²) < 4.78 is 0. The molecule has 1 aromatic rings. The Bertz CT molecular complexity index is 587. The van der Waals surface area contributed by atoms with Gasteiger partial charge in [0.25, 0.3) is 5.91 Å². The van der Waals surface area contributed by atoms with Crippen molar-refractivity contribution in [1.82, 2.24) is 10.2 Å². The predicted octanol–water partition coefficient (Wildman–Crippen LogP) is 4.08. The molecule has 1 aliphatic heterocycles. The minimum Gasteiger partial charge on any atom is -0.349 e. The molecule has 0 atom stereocenters. The number of likely N-dealkylation sites (tertiary alicyclic amines) is 1. The van der Waals surface area contributed by atoms with Crippen molar-refractivity contribution in [3.05, 3.63) is 35.4 Å². The van der Waals surface area contributed by atoms with Crippen LogP contribution >= 0.6 is 0 Å². The molecule has 25 heavy (non-hydrogen) atoms. The molecule has 0 aliphatic carbocycles. The summed E-state index contributed by atoms with van der Waals surface area (Å²) in [6.45, 7) is 10.0. The Morgan fingerprint density at radius 2 is 1.92 bits per heavy atom. The molecule has 136 valence electrons. The lowest BCUT2D eigenvalue weighted by Gasteiger charge is -2.32. The first-order valence-corrected chi connectivity index (χ1v) is 9.70. The average molecular weight is 341 g/mol. The SMILES string of the molecule is CCCC#Cc1ccc(C(=O)NC2CCN(CCC(C)C)CC2)cc1. The molecule has 0 spiro atoms. The van der Waals surface area contributed by atoms with Crippen molar-refractivity contribution in [1.29, 1.82) is 0 Å². The average Bonchev–Trinajstić information content (AvgIpc) is 2.62. The van der Waals surface area contributed by atoms with Crippen LogP contribution in [-0.2, 0) is 0 Å². The summed E-state index contributed by atoms with van der Waals surface area (Å²) in [4.78, 5) is 14.9. The summed E-state index contributed by atoms with van der Waals surface area (Å²) in [6.07, 6.45) is 5.33. The van der Waals surface area contributed by atoms with Crippen LogP contribution in [0.25, 0.3) is 0 Å². The molecule has 0 bridgehead atoms. The van der Waals surface area contributed by atoms with E-state index in [1.54, 1.807) is 0 Å². The lowest BCUT2D eigenvalue weighted by atomic mass is 10.0. The smallest absolute Gasteiger partial charge is 0.251 e. The number of hydrogen-bond acceptors (Lipinski definition) is 2. The summed E-state index contributed by atoms with van der Waals surface area (Å²) in [5.74, 6) is 7.05. The Kier molecular flexibility index (Phi) is 8.01. The number of unbranched alkanes of at least 4 members (excludes halogenated alkanes) is 1.